The molecule has 2 bridgehead atoms. The molecule has 1 aromatic heterocycles. The van der Waals surface area contributed by atoms with Crippen LogP contribution in [0.2, 0.25) is 0 Å². The van der Waals surface area contributed by atoms with Crippen LogP contribution in [0.3, 0.4) is 0 Å². The largest absolute Gasteiger partial charge is 0.496 e. The summed E-state index contributed by atoms with van der Waals surface area (Å²) in [5.74, 6) is -4.35. The minimum atomic E-state index is -4.93. The summed E-state index contributed by atoms with van der Waals surface area (Å²) in [4.78, 5) is 42.0. The summed E-state index contributed by atoms with van der Waals surface area (Å²) in [7, 11) is 1.38. The molecular formula is C26H23F4N3O6S. The molecule has 9 nitrogen and oxygen atoms in total. The van der Waals surface area contributed by atoms with E-state index in [2.05, 4.69) is 15.6 Å². The number of thiazole rings is 1. The molecule has 0 aliphatic heterocycles. The third kappa shape index (κ3) is 5.27. The molecule has 2 aliphatic carbocycles. The van der Waals surface area contributed by atoms with Gasteiger partial charge in [-0.2, -0.15) is 13.2 Å². The molecule has 5 rings (SSSR count). The summed E-state index contributed by atoms with van der Waals surface area (Å²) >= 11 is 0.971. The maximum atomic E-state index is 13.7. The number of rotatable bonds is 8. The van der Waals surface area contributed by atoms with Crippen LogP contribution in [-0.4, -0.2) is 47.6 Å². The van der Waals surface area contributed by atoms with Gasteiger partial charge in [0.15, 0.2) is 6.61 Å². The normalized spacial score (nSPS) is 21.8. The van der Waals surface area contributed by atoms with Crippen LogP contribution in [-0.2, 0) is 15.8 Å². The summed E-state index contributed by atoms with van der Waals surface area (Å²) < 4.78 is 64.2. The Morgan fingerprint density at radius 3 is 2.60 bits per heavy atom. The second kappa shape index (κ2) is 10.6. The number of halogens is 4. The number of methoxy groups -OCH3 is 1. The van der Waals surface area contributed by atoms with Crippen molar-refractivity contribution in [1.29, 1.82) is 0 Å². The molecule has 3 N–H and O–H groups in total. The number of anilines is 1. The number of benzene rings is 2. The van der Waals surface area contributed by atoms with Gasteiger partial charge in [0.1, 0.15) is 17.1 Å². The predicted molar refractivity (Wildman–Crippen MR) is 135 cm³/mol. The number of hydrogen-bond donors (Lipinski definition) is 3. The number of alkyl halides is 3. The third-order valence-electron chi connectivity index (χ3n) is 7.32. The van der Waals surface area contributed by atoms with Crippen molar-refractivity contribution in [2.24, 2.45) is 17.8 Å². The number of aliphatic carboxylic acids is 1. The van der Waals surface area contributed by atoms with Crippen LogP contribution in [0, 0.1) is 23.6 Å². The van der Waals surface area contributed by atoms with Gasteiger partial charge < -0.3 is 25.2 Å². The van der Waals surface area contributed by atoms with E-state index in [0.29, 0.717) is 28.8 Å². The summed E-state index contributed by atoms with van der Waals surface area (Å²) in [6.45, 7) is -0.612. The van der Waals surface area contributed by atoms with E-state index in [-0.39, 0.29) is 34.0 Å². The number of ether oxygens (including phenoxy) is 2. The molecule has 212 valence electrons. The van der Waals surface area contributed by atoms with Crippen molar-refractivity contribution in [1.82, 2.24) is 10.3 Å². The van der Waals surface area contributed by atoms with Gasteiger partial charge in [-0.25, -0.2) is 14.2 Å². The first-order chi connectivity index (χ1) is 19.0. The Morgan fingerprint density at radius 1 is 1.15 bits per heavy atom. The number of carboxylic acid groups (broad SMARTS) is 1. The monoisotopic (exact) mass is 581 g/mol. The molecule has 2 aromatic carbocycles. The van der Waals surface area contributed by atoms with E-state index in [1.807, 2.05) is 0 Å². The van der Waals surface area contributed by atoms with E-state index in [1.54, 1.807) is 6.07 Å². The Bertz CT molecular complexity index is 1490. The lowest BCUT2D eigenvalue weighted by atomic mass is 9.83. The van der Waals surface area contributed by atoms with Crippen molar-refractivity contribution < 1.29 is 46.5 Å². The van der Waals surface area contributed by atoms with Crippen molar-refractivity contribution in [3.63, 3.8) is 0 Å². The van der Waals surface area contributed by atoms with Gasteiger partial charge in [0, 0.05) is 11.7 Å². The Kier molecular flexibility index (Phi) is 7.29. The number of aromatic nitrogens is 1. The minimum absolute atomic E-state index is 0.0234. The van der Waals surface area contributed by atoms with Crippen LogP contribution >= 0.6 is 11.3 Å². The topological polar surface area (TPSA) is 127 Å². The van der Waals surface area contributed by atoms with Crippen LogP contribution in [0.4, 0.5) is 23.2 Å². The van der Waals surface area contributed by atoms with Gasteiger partial charge in [-0.3, -0.25) is 9.59 Å². The fourth-order valence-corrected chi connectivity index (χ4v) is 6.62. The first-order valence-electron chi connectivity index (χ1n) is 12.3. The fraction of sp³-hybridized carbons (Fsp3) is 0.385. The molecule has 0 unspecified atom stereocenters. The van der Waals surface area contributed by atoms with E-state index in [1.165, 1.54) is 13.2 Å². The zero-order valence-electron chi connectivity index (χ0n) is 20.9. The van der Waals surface area contributed by atoms with E-state index >= 15 is 0 Å². The van der Waals surface area contributed by atoms with E-state index in [0.717, 1.165) is 30.2 Å². The van der Waals surface area contributed by atoms with E-state index in [9.17, 15) is 31.9 Å². The number of carbonyl (C=O) groups is 3. The maximum absolute atomic E-state index is 13.7. The number of carboxylic acids is 1. The van der Waals surface area contributed by atoms with Crippen molar-refractivity contribution >= 4 is 45.0 Å². The second-order valence-corrected chi connectivity index (χ2v) is 10.7. The molecule has 2 aliphatic rings. The number of carbonyl (C=O) groups excluding carboxylic acids is 2. The average molecular weight is 582 g/mol. The molecule has 40 heavy (non-hydrogen) atoms. The minimum Gasteiger partial charge on any atom is -0.496 e. The van der Waals surface area contributed by atoms with Crippen molar-refractivity contribution in [2.75, 3.05) is 19.0 Å². The van der Waals surface area contributed by atoms with Gasteiger partial charge in [0.2, 0.25) is 5.91 Å². The number of nitrogens with one attached hydrogen (secondary N) is 2. The van der Waals surface area contributed by atoms with Gasteiger partial charge in [-0.1, -0.05) is 11.3 Å². The summed E-state index contributed by atoms with van der Waals surface area (Å²) in [5.41, 5.74) is -1.16. The lowest BCUT2D eigenvalue weighted by Crippen LogP contribution is -2.48. The first-order valence-corrected chi connectivity index (χ1v) is 13.1. The molecular weight excluding hydrogens is 558 g/mol. The van der Waals surface area contributed by atoms with Gasteiger partial charge >= 0.3 is 12.1 Å². The van der Waals surface area contributed by atoms with Crippen molar-refractivity contribution in [2.45, 2.75) is 31.5 Å². The molecule has 14 heteroatoms. The lowest BCUT2D eigenvalue weighted by molar-refractivity contribution is -0.140. The molecule has 2 saturated carbocycles. The van der Waals surface area contributed by atoms with Gasteiger partial charge in [0.25, 0.3) is 11.1 Å². The molecule has 0 spiro atoms. The van der Waals surface area contributed by atoms with Crippen LogP contribution in [0.1, 0.15) is 35.2 Å². The molecule has 2 fully saturated rings. The molecule has 4 atom stereocenters. The highest BCUT2D eigenvalue weighted by Crippen LogP contribution is 2.49. The Morgan fingerprint density at radius 2 is 1.90 bits per heavy atom. The molecule has 1 heterocycles. The number of amides is 2. The van der Waals surface area contributed by atoms with Crippen LogP contribution in [0.25, 0.3) is 10.2 Å². The summed E-state index contributed by atoms with van der Waals surface area (Å²) in [5, 5.41) is 14.3. The molecule has 2 amide bonds. The molecule has 0 radical (unpaired) electrons. The Labute approximate surface area is 228 Å². The molecule has 0 saturated heterocycles. The smallest absolute Gasteiger partial charge is 0.419 e. The standard InChI is InChI=1S/C26H23F4N3O6S/c1-38-17-7-6-16-22(40-25(32-16)39-10-18(34)35)20(17)24(37)33-21-12-3-2-11(8-12)19(21)23(36)31-13-4-5-15(27)14(9-13)26(28,29)30/h4-7,9,11-12,19,21H,2-3,8,10H2,1H3,(H,31,36)(H,33,37)(H,34,35)/t11-,12+,19+,21-/m1/s1. The number of nitrogens with zero attached hydrogens (tertiary/aromatic N) is 1. The third-order valence-corrected chi connectivity index (χ3v) is 8.32. The first kappa shape index (κ1) is 27.6. The predicted octanol–water partition coefficient (Wildman–Crippen LogP) is 4.71. The van der Waals surface area contributed by atoms with E-state index in [4.69, 9.17) is 14.6 Å². The summed E-state index contributed by atoms with van der Waals surface area (Å²) in [6, 6.07) is 4.78. The number of hydrogen-bond acceptors (Lipinski definition) is 7. The van der Waals surface area contributed by atoms with Gasteiger partial charge in [-0.05, 0) is 61.4 Å². The highest BCUT2D eigenvalue weighted by atomic mass is 32.1. The second-order valence-electron chi connectivity index (χ2n) is 9.69. The van der Waals surface area contributed by atoms with Gasteiger partial charge in [0.05, 0.1) is 28.8 Å². The van der Waals surface area contributed by atoms with Crippen LogP contribution in [0.5, 0.6) is 10.9 Å². The maximum Gasteiger partial charge on any atom is 0.419 e. The molecule has 3 aromatic rings. The zero-order valence-corrected chi connectivity index (χ0v) is 21.7. The highest BCUT2D eigenvalue weighted by molar-refractivity contribution is 7.20. The van der Waals surface area contributed by atoms with Crippen molar-refractivity contribution in [3.05, 3.63) is 47.3 Å². The van der Waals surface area contributed by atoms with Gasteiger partial charge in [-0.15, -0.1) is 0 Å². The number of fused-ring (bicyclic) bond motifs is 3. The van der Waals surface area contributed by atoms with Crippen LogP contribution in [0.15, 0.2) is 30.3 Å². The SMILES string of the molecule is COc1ccc2nc(OCC(=O)O)sc2c1C(=O)N[C@@H]1[C@H]2CC[C@H](C2)[C@@H]1C(=O)Nc1ccc(F)c(C(F)(F)F)c1. The summed E-state index contributed by atoms with van der Waals surface area (Å²) in [6.07, 6.45) is -2.77. The lowest BCUT2D eigenvalue weighted by Gasteiger charge is -2.31. The highest BCUT2D eigenvalue weighted by Gasteiger charge is 2.51. The van der Waals surface area contributed by atoms with Crippen molar-refractivity contribution in [3.8, 4) is 10.9 Å². The Hall–Kier alpha value is -3.94. The van der Waals surface area contributed by atoms with E-state index < -0.39 is 53.9 Å². The average Bonchev–Trinajstić information content (AvgIpc) is 3.61. The Balaban J connectivity index is 1.40. The van der Waals surface area contributed by atoms with Crippen LogP contribution < -0.4 is 20.1 Å². The zero-order chi connectivity index (χ0) is 28.8. The fourth-order valence-electron chi connectivity index (χ4n) is 5.67. The quantitative estimate of drug-likeness (QED) is 0.329.